The van der Waals surface area contributed by atoms with Gasteiger partial charge < -0.3 is 5.32 Å². The molecule has 0 aliphatic carbocycles. The second-order valence-electron chi connectivity index (χ2n) is 6.39. The van der Waals surface area contributed by atoms with Gasteiger partial charge in [-0.05, 0) is 45.1 Å². The molecule has 0 radical (unpaired) electrons. The standard InChI is InChI=1S/C15H32N2/c1-6-14-9-15(16-8-7-12(2)3)11-17(10-14)13(4)5/h12-16H,6-11H2,1-5H3. The second kappa shape index (κ2) is 7.38. The maximum Gasteiger partial charge on any atom is 0.0198 e. The zero-order chi connectivity index (χ0) is 12.8. The van der Waals surface area contributed by atoms with Crippen LogP contribution in [0.4, 0.5) is 0 Å². The van der Waals surface area contributed by atoms with Crippen LogP contribution >= 0.6 is 0 Å². The zero-order valence-electron chi connectivity index (χ0n) is 12.5. The molecule has 102 valence electrons. The number of nitrogens with one attached hydrogen (secondary N) is 1. The Hall–Kier alpha value is -0.0800. The first-order valence-electron chi connectivity index (χ1n) is 7.50. The highest BCUT2D eigenvalue weighted by Gasteiger charge is 2.26. The van der Waals surface area contributed by atoms with Gasteiger partial charge in [0.25, 0.3) is 0 Å². The predicted octanol–water partition coefficient (Wildman–Crippen LogP) is 3.13. The summed E-state index contributed by atoms with van der Waals surface area (Å²) in [6.07, 6.45) is 4.00. The average molecular weight is 240 g/mol. The summed E-state index contributed by atoms with van der Waals surface area (Å²) >= 11 is 0. The van der Waals surface area contributed by atoms with Crippen molar-refractivity contribution in [3.8, 4) is 0 Å². The molecule has 0 aromatic heterocycles. The normalized spacial score (nSPS) is 27.0. The van der Waals surface area contributed by atoms with Crippen molar-refractivity contribution < 1.29 is 0 Å². The summed E-state index contributed by atoms with van der Waals surface area (Å²) in [6.45, 7) is 15.3. The number of hydrogen-bond acceptors (Lipinski definition) is 2. The Kier molecular flexibility index (Phi) is 6.50. The van der Waals surface area contributed by atoms with Crippen LogP contribution in [0.25, 0.3) is 0 Å². The molecule has 1 fully saturated rings. The fraction of sp³-hybridized carbons (Fsp3) is 1.00. The largest absolute Gasteiger partial charge is 0.313 e. The first kappa shape index (κ1) is 15.0. The minimum Gasteiger partial charge on any atom is -0.313 e. The summed E-state index contributed by atoms with van der Waals surface area (Å²) < 4.78 is 0. The van der Waals surface area contributed by atoms with Gasteiger partial charge in [0, 0.05) is 25.2 Å². The highest BCUT2D eigenvalue weighted by Crippen LogP contribution is 2.21. The van der Waals surface area contributed by atoms with E-state index in [0.29, 0.717) is 6.04 Å². The molecule has 2 nitrogen and oxygen atoms in total. The van der Waals surface area contributed by atoms with Crippen molar-refractivity contribution >= 4 is 0 Å². The topological polar surface area (TPSA) is 15.3 Å². The monoisotopic (exact) mass is 240 g/mol. The third kappa shape index (κ3) is 5.39. The summed E-state index contributed by atoms with van der Waals surface area (Å²) in [7, 11) is 0. The van der Waals surface area contributed by atoms with Crippen molar-refractivity contribution in [3.05, 3.63) is 0 Å². The molecule has 17 heavy (non-hydrogen) atoms. The van der Waals surface area contributed by atoms with E-state index in [1.165, 1.54) is 38.9 Å². The van der Waals surface area contributed by atoms with E-state index in [1.807, 2.05) is 0 Å². The second-order valence-corrected chi connectivity index (χ2v) is 6.39. The summed E-state index contributed by atoms with van der Waals surface area (Å²) in [5.74, 6) is 1.71. The van der Waals surface area contributed by atoms with Crippen molar-refractivity contribution in [2.75, 3.05) is 19.6 Å². The molecule has 2 unspecified atom stereocenters. The third-order valence-electron chi connectivity index (χ3n) is 4.03. The van der Waals surface area contributed by atoms with Crippen molar-refractivity contribution in [1.29, 1.82) is 0 Å². The molecule has 1 aliphatic rings. The Morgan fingerprint density at radius 3 is 2.41 bits per heavy atom. The molecule has 2 atom stereocenters. The van der Waals surface area contributed by atoms with Gasteiger partial charge in [0.15, 0.2) is 0 Å². The van der Waals surface area contributed by atoms with E-state index in [9.17, 15) is 0 Å². The van der Waals surface area contributed by atoms with Gasteiger partial charge in [-0.25, -0.2) is 0 Å². The van der Waals surface area contributed by atoms with Gasteiger partial charge in [-0.2, -0.15) is 0 Å². The van der Waals surface area contributed by atoms with Crippen LogP contribution in [0.2, 0.25) is 0 Å². The average Bonchev–Trinajstić information content (AvgIpc) is 2.28. The van der Waals surface area contributed by atoms with E-state index < -0.39 is 0 Å². The van der Waals surface area contributed by atoms with E-state index in [4.69, 9.17) is 0 Å². The van der Waals surface area contributed by atoms with E-state index in [-0.39, 0.29) is 0 Å². The van der Waals surface area contributed by atoms with E-state index in [1.54, 1.807) is 0 Å². The van der Waals surface area contributed by atoms with E-state index >= 15 is 0 Å². The smallest absolute Gasteiger partial charge is 0.0198 e. The van der Waals surface area contributed by atoms with Crippen LogP contribution in [0, 0.1) is 11.8 Å². The highest BCUT2D eigenvalue weighted by molar-refractivity contribution is 4.84. The Morgan fingerprint density at radius 2 is 1.88 bits per heavy atom. The summed E-state index contributed by atoms with van der Waals surface area (Å²) in [5, 5.41) is 3.76. The van der Waals surface area contributed by atoms with Crippen LogP contribution in [0.1, 0.15) is 53.9 Å². The Labute approximate surface area is 108 Å². The summed E-state index contributed by atoms with van der Waals surface area (Å²) in [6, 6.07) is 1.41. The zero-order valence-corrected chi connectivity index (χ0v) is 12.5. The predicted molar refractivity (Wildman–Crippen MR) is 76.4 cm³/mol. The van der Waals surface area contributed by atoms with Crippen molar-refractivity contribution in [2.45, 2.75) is 66.0 Å². The SMILES string of the molecule is CCC1CC(NCCC(C)C)CN(C(C)C)C1. The van der Waals surface area contributed by atoms with E-state index in [0.717, 1.165) is 17.9 Å². The Morgan fingerprint density at radius 1 is 1.18 bits per heavy atom. The summed E-state index contributed by atoms with van der Waals surface area (Å²) in [4.78, 5) is 2.64. The molecule has 2 heteroatoms. The fourth-order valence-electron chi connectivity index (χ4n) is 2.68. The van der Waals surface area contributed by atoms with Gasteiger partial charge in [-0.15, -0.1) is 0 Å². The molecule has 0 bridgehead atoms. The molecule has 1 rings (SSSR count). The Balaban J connectivity index is 2.37. The maximum atomic E-state index is 3.76. The maximum absolute atomic E-state index is 3.76. The van der Waals surface area contributed by atoms with Gasteiger partial charge in [-0.3, -0.25) is 4.90 Å². The quantitative estimate of drug-likeness (QED) is 0.767. The molecule has 1 aliphatic heterocycles. The fourth-order valence-corrected chi connectivity index (χ4v) is 2.68. The molecule has 1 heterocycles. The molecule has 0 aromatic rings. The minimum atomic E-state index is 0.693. The molecular weight excluding hydrogens is 208 g/mol. The number of likely N-dealkylation sites (tertiary alicyclic amines) is 1. The minimum absolute atomic E-state index is 0.693. The van der Waals surface area contributed by atoms with Crippen LogP contribution in [0.3, 0.4) is 0 Å². The van der Waals surface area contributed by atoms with Gasteiger partial charge in [0.05, 0.1) is 0 Å². The van der Waals surface area contributed by atoms with E-state index in [2.05, 4.69) is 44.8 Å². The molecule has 0 saturated carbocycles. The van der Waals surface area contributed by atoms with Crippen LogP contribution in [0.5, 0.6) is 0 Å². The molecular formula is C15H32N2. The molecule has 1 N–H and O–H groups in total. The number of rotatable bonds is 6. The lowest BCUT2D eigenvalue weighted by Gasteiger charge is -2.40. The number of hydrogen-bond donors (Lipinski definition) is 1. The van der Waals surface area contributed by atoms with Crippen molar-refractivity contribution in [1.82, 2.24) is 10.2 Å². The lowest BCUT2D eigenvalue weighted by Crippen LogP contribution is -2.51. The van der Waals surface area contributed by atoms with Gasteiger partial charge in [0.1, 0.15) is 0 Å². The van der Waals surface area contributed by atoms with Gasteiger partial charge >= 0.3 is 0 Å². The number of nitrogens with zero attached hydrogens (tertiary/aromatic N) is 1. The van der Waals surface area contributed by atoms with Crippen molar-refractivity contribution in [2.24, 2.45) is 11.8 Å². The van der Waals surface area contributed by atoms with Gasteiger partial charge in [0.2, 0.25) is 0 Å². The van der Waals surface area contributed by atoms with Crippen LogP contribution in [0.15, 0.2) is 0 Å². The first-order chi connectivity index (χ1) is 8.02. The summed E-state index contributed by atoms with van der Waals surface area (Å²) in [5.41, 5.74) is 0. The van der Waals surface area contributed by atoms with Gasteiger partial charge in [-0.1, -0.05) is 27.2 Å². The number of piperidine rings is 1. The van der Waals surface area contributed by atoms with Crippen molar-refractivity contribution in [3.63, 3.8) is 0 Å². The van der Waals surface area contributed by atoms with Crippen LogP contribution in [-0.4, -0.2) is 36.6 Å². The highest BCUT2D eigenvalue weighted by atomic mass is 15.2. The van der Waals surface area contributed by atoms with Crippen LogP contribution < -0.4 is 5.32 Å². The van der Waals surface area contributed by atoms with Crippen LogP contribution in [-0.2, 0) is 0 Å². The molecule has 1 saturated heterocycles. The lowest BCUT2D eigenvalue weighted by molar-refractivity contribution is 0.109. The molecule has 0 aromatic carbocycles. The Bertz CT molecular complexity index is 201. The first-order valence-corrected chi connectivity index (χ1v) is 7.50. The molecule has 0 amide bonds. The molecule has 0 spiro atoms. The lowest BCUT2D eigenvalue weighted by atomic mass is 9.91. The third-order valence-corrected chi connectivity index (χ3v) is 4.03.